The van der Waals surface area contributed by atoms with Crippen LogP contribution in [0.1, 0.15) is 44.9 Å². The second kappa shape index (κ2) is 7.64. The number of carboxylic acids is 1. The van der Waals surface area contributed by atoms with Crippen molar-refractivity contribution in [2.45, 2.75) is 57.1 Å². The van der Waals surface area contributed by atoms with E-state index in [1.165, 1.54) is 0 Å². The molecular weight excluding hydrogens is 272 g/mol. The molecule has 21 heavy (non-hydrogen) atoms. The molecule has 2 N–H and O–H groups in total. The number of likely N-dealkylation sites (N-methyl/N-ethyl adjacent to an activating group) is 1. The molecule has 0 radical (unpaired) electrons. The van der Waals surface area contributed by atoms with Crippen LogP contribution in [0, 0.1) is 5.92 Å². The highest BCUT2D eigenvalue weighted by molar-refractivity contribution is 5.76. The molecule has 2 rings (SSSR count). The Bertz CT molecular complexity index is 369. The first-order valence-corrected chi connectivity index (χ1v) is 7.94. The van der Waals surface area contributed by atoms with E-state index in [0.29, 0.717) is 13.0 Å². The van der Waals surface area contributed by atoms with Crippen LogP contribution < -0.4 is 5.32 Å². The monoisotopic (exact) mass is 298 g/mol. The highest BCUT2D eigenvalue weighted by atomic mass is 16.5. The zero-order valence-electron chi connectivity index (χ0n) is 12.7. The van der Waals surface area contributed by atoms with E-state index in [4.69, 9.17) is 4.74 Å². The summed E-state index contributed by atoms with van der Waals surface area (Å²) in [5.41, 5.74) is 0. The summed E-state index contributed by atoms with van der Waals surface area (Å²) in [4.78, 5) is 25.2. The third-order valence-corrected chi connectivity index (χ3v) is 4.49. The number of hydrogen-bond donors (Lipinski definition) is 2. The van der Waals surface area contributed by atoms with Crippen LogP contribution in [-0.2, 0) is 9.53 Å². The van der Waals surface area contributed by atoms with Gasteiger partial charge in [-0.2, -0.15) is 0 Å². The molecule has 2 aliphatic rings. The standard InChI is InChI=1S/C15H26N2O4/c1-17(10-11-6-5-9-21-11)15(20)16-13-8-4-2-3-7-12(13)14(18)19/h11-13H,2-10H2,1H3,(H,16,20)(H,18,19). The lowest BCUT2D eigenvalue weighted by Crippen LogP contribution is -2.49. The van der Waals surface area contributed by atoms with Gasteiger partial charge in [0.05, 0.1) is 12.0 Å². The van der Waals surface area contributed by atoms with Gasteiger partial charge in [0.15, 0.2) is 0 Å². The van der Waals surface area contributed by atoms with Crippen LogP contribution in [0.15, 0.2) is 0 Å². The predicted molar refractivity (Wildman–Crippen MR) is 78.1 cm³/mol. The molecule has 1 saturated heterocycles. The minimum Gasteiger partial charge on any atom is -0.481 e. The van der Waals surface area contributed by atoms with E-state index in [9.17, 15) is 14.7 Å². The highest BCUT2D eigenvalue weighted by Gasteiger charge is 2.31. The van der Waals surface area contributed by atoms with Crippen molar-refractivity contribution in [3.05, 3.63) is 0 Å². The molecule has 0 aromatic heterocycles. The third-order valence-electron chi connectivity index (χ3n) is 4.49. The van der Waals surface area contributed by atoms with Crippen LogP contribution in [0.25, 0.3) is 0 Å². The van der Waals surface area contributed by atoms with E-state index in [1.54, 1.807) is 11.9 Å². The summed E-state index contributed by atoms with van der Waals surface area (Å²) in [6, 6.07) is -0.451. The molecule has 0 spiro atoms. The molecular formula is C15H26N2O4. The fraction of sp³-hybridized carbons (Fsp3) is 0.867. The number of nitrogens with zero attached hydrogens (tertiary/aromatic N) is 1. The average molecular weight is 298 g/mol. The minimum atomic E-state index is -0.802. The van der Waals surface area contributed by atoms with Crippen LogP contribution in [-0.4, -0.2) is 54.4 Å². The SMILES string of the molecule is CN(CC1CCCO1)C(=O)NC1CCCCCC1C(=O)O. The van der Waals surface area contributed by atoms with E-state index < -0.39 is 11.9 Å². The Morgan fingerprint density at radius 1 is 1.19 bits per heavy atom. The number of amides is 2. The minimum absolute atomic E-state index is 0.116. The summed E-state index contributed by atoms with van der Waals surface area (Å²) in [5.74, 6) is -1.27. The Kier molecular flexibility index (Phi) is 5.85. The molecule has 120 valence electrons. The largest absolute Gasteiger partial charge is 0.481 e. The topological polar surface area (TPSA) is 78.9 Å². The van der Waals surface area contributed by atoms with Gasteiger partial charge in [-0.3, -0.25) is 4.79 Å². The maximum atomic E-state index is 12.2. The molecule has 2 amide bonds. The van der Waals surface area contributed by atoms with E-state index in [1.807, 2.05) is 0 Å². The molecule has 6 heteroatoms. The Hall–Kier alpha value is -1.30. The van der Waals surface area contributed by atoms with E-state index in [0.717, 1.165) is 45.1 Å². The molecule has 1 aliphatic carbocycles. The maximum absolute atomic E-state index is 12.2. The van der Waals surface area contributed by atoms with Crippen molar-refractivity contribution in [1.82, 2.24) is 10.2 Å². The van der Waals surface area contributed by atoms with E-state index in [-0.39, 0.29) is 18.2 Å². The molecule has 6 nitrogen and oxygen atoms in total. The van der Waals surface area contributed by atoms with Crippen molar-refractivity contribution in [3.63, 3.8) is 0 Å². The summed E-state index contributed by atoms with van der Waals surface area (Å²) >= 11 is 0. The van der Waals surface area contributed by atoms with Crippen molar-refractivity contribution in [3.8, 4) is 0 Å². The summed E-state index contributed by atoms with van der Waals surface area (Å²) in [7, 11) is 1.74. The molecule has 1 heterocycles. The lowest BCUT2D eigenvalue weighted by Gasteiger charge is -2.27. The van der Waals surface area contributed by atoms with Gasteiger partial charge in [-0.05, 0) is 25.7 Å². The Morgan fingerprint density at radius 3 is 2.62 bits per heavy atom. The van der Waals surface area contributed by atoms with Gasteiger partial charge in [0.1, 0.15) is 0 Å². The highest BCUT2D eigenvalue weighted by Crippen LogP contribution is 2.24. The summed E-state index contributed by atoms with van der Waals surface area (Å²) in [6.07, 6.45) is 6.49. The lowest BCUT2D eigenvalue weighted by molar-refractivity contribution is -0.142. The number of ether oxygens (including phenoxy) is 1. The van der Waals surface area contributed by atoms with Gasteiger partial charge in [-0.1, -0.05) is 19.3 Å². The number of carboxylic acid groups (broad SMARTS) is 1. The smallest absolute Gasteiger partial charge is 0.317 e. The summed E-state index contributed by atoms with van der Waals surface area (Å²) in [5, 5.41) is 12.2. The summed E-state index contributed by atoms with van der Waals surface area (Å²) < 4.78 is 5.53. The Morgan fingerprint density at radius 2 is 1.95 bits per heavy atom. The second-order valence-corrected chi connectivity index (χ2v) is 6.15. The van der Waals surface area contributed by atoms with Gasteiger partial charge in [0.25, 0.3) is 0 Å². The van der Waals surface area contributed by atoms with Gasteiger partial charge < -0.3 is 20.1 Å². The number of rotatable bonds is 4. The number of hydrogen-bond acceptors (Lipinski definition) is 3. The number of urea groups is 1. The Balaban J connectivity index is 1.87. The van der Waals surface area contributed by atoms with Crippen molar-refractivity contribution in [2.75, 3.05) is 20.2 Å². The van der Waals surface area contributed by atoms with Crippen molar-refractivity contribution in [2.24, 2.45) is 5.92 Å². The van der Waals surface area contributed by atoms with Gasteiger partial charge in [0.2, 0.25) is 0 Å². The van der Waals surface area contributed by atoms with Crippen LogP contribution in [0.2, 0.25) is 0 Å². The first-order chi connectivity index (χ1) is 10.1. The van der Waals surface area contributed by atoms with Gasteiger partial charge in [-0.25, -0.2) is 4.79 Å². The van der Waals surface area contributed by atoms with Gasteiger partial charge >= 0.3 is 12.0 Å². The predicted octanol–water partition coefficient (Wildman–Crippen LogP) is 1.84. The average Bonchev–Trinajstić information content (AvgIpc) is 2.83. The van der Waals surface area contributed by atoms with Crippen molar-refractivity contribution < 1.29 is 19.4 Å². The van der Waals surface area contributed by atoms with Crippen molar-refractivity contribution in [1.29, 1.82) is 0 Å². The molecule has 1 saturated carbocycles. The van der Waals surface area contributed by atoms with Gasteiger partial charge in [-0.15, -0.1) is 0 Å². The fourth-order valence-electron chi connectivity index (χ4n) is 3.22. The third kappa shape index (κ3) is 4.59. The van der Waals surface area contributed by atoms with E-state index >= 15 is 0 Å². The van der Waals surface area contributed by atoms with Crippen LogP contribution >= 0.6 is 0 Å². The maximum Gasteiger partial charge on any atom is 0.317 e. The quantitative estimate of drug-likeness (QED) is 0.776. The van der Waals surface area contributed by atoms with Gasteiger partial charge in [0, 0.05) is 26.2 Å². The molecule has 3 unspecified atom stereocenters. The number of carbonyl (C=O) groups is 2. The normalized spacial score (nSPS) is 29.7. The number of carbonyl (C=O) groups excluding carboxylic acids is 1. The first kappa shape index (κ1) is 16.1. The first-order valence-electron chi connectivity index (χ1n) is 7.94. The molecule has 3 atom stereocenters. The second-order valence-electron chi connectivity index (χ2n) is 6.15. The molecule has 2 fully saturated rings. The van der Waals surface area contributed by atoms with Crippen LogP contribution in [0.4, 0.5) is 4.79 Å². The number of aliphatic carboxylic acids is 1. The Labute approximate surface area is 125 Å². The number of nitrogens with one attached hydrogen (secondary N) is 1. The zero-order chi connectivity index (χ0) is 15.2. The molecule has 0 aromatic rings. The van der Waals surface area contributed by atoms with E-state index in [2.05, 4.69) is 5.32 Å². The van der Waals surface area contributed by atoms with Crippen LogP contribution in [0.5, 0.6) is 0 Å². The lowest BCUT2D eigenvalue weighted by atomic mass is 9.95. The van der Waals surface area contributed by atoms with Crippen molar-refractivity contribution >= 4 is 12.0 Å². The summed E-state index contributed by atoms with van der Waals surface area (Å²) in [6.45, 7) is 1.33. The molecule has 1 aliphatic heterocycles. The molecule has 0 bridgehead atoms. The zero-order valence-corrected chi connectivity index (χ0v) is 12.7. The fourth-order valence-corrected chi connectivity index (χ4v) is 3.22. The van der Waals surface area contributed by atoms with Crippen LogP contribution in [0.3, 0.4) is 0 Å². The molecule has 0 aromatic carbocycles.